The molecule has 1 aromatic rings. The van der Waals surface area contributed by atoms with Crippen LogP contribution in [0.15, 0.2) is 18.2 Å². The molecule has 3 nitrogen and oxygen atoms in total. The fraction of sp³-hybridized carbons (Fsp3) is 0.462. The van der Waals surface area contributed by atoms with E-state index < -0.39 is 0 Å². The number of phenolic OH excluding ortho intramolecular Hbond substituents is 1. The van der Waals surface area contributed by atoms with Gasteiger partial charge in [0.05, 0.1) is 12.7 Å². The van der Waals surface area contributed by atoms with Crippen molar-refractivity contribution in [2.75, 3.05) is 12.4 Å². The Labute approximate surface area is 110 Å². The third-order valence-corrected chi connectivity index (χ3v) is 3.10. The van der Waals surface area contributed by atoms with Crippen molar-refractivity contribution in [2.24, 2.45) is 0 Å². The maximum atomic E-state index is 11.9. The van der Waals surface area contributed by atoms with Gasteiger partial charge in [-0.25, -0.2) is 0 Å². The number of phenols is 1. The molecule has 4 heteroatoms. The monoisotopic (exact) mass is 300 g/mol. The number of alkyl halides is 1. The van der Waals surface area contributed by atoms with Crippen LogP contribution in [0.25, 0.3) is 0 Å². The Morgan fingerprint density at radius 1 is 1.35 bits per heavy atom. The first kappa shape index (κ1) is 14.0. The molecule has 1 rings (SSSR count). The summed E-state index contributed by atoms with van der Waals surface area (Å²) in [6, 6.07) is 4.71. The van der Waals surface area contributed by atoms with Crippen LogP contribution < -0.4 is 4.74 Å². The molecule has 0 heterocycles. The van der Waals surface area contributed by atoms with Crippen LogP contribution in [0.3, 0.4) is 0 Å². The van der Waals surface area contributed by atoms with Crippen LogP contribution in [0, 0.1) is 0 Å². The Morgan fingerprint density at radius 2 is 2.12 bits per heavy atom. The van der Waals surface area contributed by atoms with E-state index >= 15 is 0 Å². The Balaban J connectivity index is 2.61. The van der Waals surface area contributed by atoms with Gasteiger partial charge in [0.25, 0.3) is 0 Å². The first-order valence-corrected chi connectivity index (χ1v) is 6.77. The quantitative estimate of drug-likeness (QED) is 0.476. The van der Waals surface area contributed by atoms with E-state index in [-0.39, 0.29) is 11.5 Å². The van der Waals surface area contributed by atoms with Gasteiger partial charge >= 0.3 is 0 Å². The normalized spacial score (nSPS) is 10.2. The van der Waals surface area contributed by atoms with Gasteiger partial charge in [-0.2, -0.15) is 0 Å². The van der Waals surface area contributed by atoms with Crippen LogP contribution in [0.1, 0.15) is 36.0 Å². The summed E-state index contributed by atoms with van der Waals surface area (Å²) in [6.45, 7) is 0. The number of ether oxygens (including phenoxy) is 1. The van der Waals surface area contributed by atoms with Crippen molar-refractivity contribution in [3.8, 4) is 11.5 Å². The minimum atomic E-state index is -0.0315. The number of carbonyl (C=O) groups excluding carboxylic acids is 1. The maximum absolute atomic E-state index is 11.9. The van der Waals surface area contributed by atoms with E-state index in [0.717, 1.165) is 24.6 Å². The molecular formula is C13H17BrO3. The van der Waals surface area contributed by atoms with Gasteiger partial charge in [0.15, 0.2) is 5.78 Å². The van der Waals surface area contributed by atoms with Crippen LogP contribution in [0.2, 0.25) is 0 Å². The molecule has 0 bridgehead atoms. The topological polar surface area (TPSA) is 46.5 Å². The van der Waals surface area contributed by atoms with Gasteiger partial charge in [-0.15, -0.1) is 0 Å². The summed E-state index contributed by atoms with van der Waals surface area (Å²) in [6.07, 6.45) is 3.40. The number of carbonyl (C=O) groups is 1. The largest absolute Gasteiger partial charge is 0.507 e. The lowest BCUT2D eigenvalue weighted by atomic mass is 10.0. The molecule has 0 fully saturated rings. The van der Waals surface area contributed by atoms with E-state index in [4.69, 9.17) is 4.74 Å². The molecule has 0 aliphatic carbocycles. The summed E-state index contributed by atoms with van der Waals surface area (Å²) in [4.78, 5) is 11.9. The predicted molar refractivity (Wildman–Crippen MR) is 71.3 cm³/mol. The average Bonchev–Trinajstić information content (AvgIpc) is 2.35. The Hall–Kier alpha value is -1.03. The van der Waals surface area contributed by atoms with Gasteiger partial charge in [0.1, 0.15) is 11.5 Å². The number of benzene rings is 1. The molecule has 1 aromatic carbocycles. The van der Waals surface area contributed by atoms with Crippen LogP contribution in [-0.4, -0.2) is 23.3 Å². The van der Waals surface area contributed by atoms with Gasteiger partial charge in [-0.3, -0.25) is 4.79 Å². The number of methoxy groups -OCH3 is 1. The molecule has 0 saturated heterocycles. The van der Waals surface area contributed by atoms with Crippen molar-refractivity contribution in [1.82, 2.24) is 0 Å². The second kappa shape index (κ2) is 7.33. The number of Topliss-reactive ketones (excluding diaryl/α,β-unsaturated/α-hetero) is 1. The molecule has 0 aliphatic heterocycles. The smallest absolute Gasteiger partial charge is 0.166 e. The Bertz CT molecular complexity index is 377. The van der Waals surface area contributed by atoms with E-state index in [1.165, 1.54) is 13.2 Å². The molecule has 0 saturated carbocycles. The standard InChI is InChI=1S/C13H17BrO3/c1-17-10-6-7-13(16)11(9-10)12(15)5-3-2-4-8-14/h6-7,9,16H,2-5,8H2,1H3. The maximum Gasteiger partial charge on any atom is 0.166 e. The fourth-order valence-electron chi connectivity index (χ4n) is 1.56. The summed E-state index contributed by atoms with van der Waals surface area (Å²) >= 11 is 3.35. The lowest BCUT2D eigenvalue weighted by Crippen LogP contribution is -2.00. The number of ketones is 1. The van der Waals surface area contributed by atoms with Crippen LogP contribution in [-0.2, 0) is 0 Å². The molecular weight excluding hydrogens is 284 g/mol. The number of halogens is 1. The van der Waals surface area contributed by atoms with Gasteiger partial charge < -0.3 is 9.84 Å². The van der Waals surface area contributed by atoms with Crippen molar-refractivity contribution < 1.29 is 14.6 Å². The zero-order valence-electron chi connectivity index (χ0n) is 9.91. The van der Waals surface area contributed by atoms with Crippen molar-refractivity contribution in [1.29, 1.82) is 0 Å². The second-order valence-electron chi connectivity index (χ2n) is 3.81. The molecule has 94 valence electrons. The molecule has 0 aliphatic rings. The van der Waals surface area contributed by atoms with Gasteiger partial charge in [0.2, 0.25) is 0 Å². The lowest BCUT2D eigenvalue weighted by molar-refractivity contribution is 0.0976. The summed E-state index contributed by atoms with van der Waals surface area (Å²) in [7, 11) is 1.54. The number of hydrogen-bond acceptors (Lipinski definition) is 3. The highest BCUT2D eigenvalue weighted by Crippen LogP contribution is 2.24. The summed E-state index contributed by atoms with van der Waals surface area (Å²) in [5.74, 6) is 0.582. The van der Waals surface area contributed by atoms with E-state index in [0.29, 0.717) is 17.7 Å². The molecule has 0 amide bonds. The summed E-state index contributed by atoms with van der Waals surface area (Å²) in [5, 5.41) is 10.6. The molecule has 0 spiro atoms. The SMILES string of the molecule is COc1ccc(O)c(C(=O)CCCCCBr)c1. The van der Waals surface area contributed by atoms with E-state index in [9.17, 15) is 9.90 Å². The highest BCUT2D eigenvalue weighted by Gasteiger charge is 2.11. The molecule has 0 aromatic heterocycles. The third kappa shape index (κ3) is 4.38. The molecule has 1 N–H and O–H groups in total. The highest BCUT2D eigenvalue weighted by atomic mass is 79.9. The zero-order valence-corrected chi connectivity index (χ0v) is 11.5. The predicted octanol–water partition coefficient (Wildman–Crippen LogP) is 3.54. The number of rotatable bonds is 7. The van der Waals surface area contributed by atoms with Crippen LogP contribution in [0.5, 0.6) is 11.5 Å². The van der Waals surface area contributed by atoms with E-state index in [1.54, 1.807) is 12.1 Å². The van der Waals surface area contributed by atoms with Crippen LogP contribution >= 0.6 is 15.9 Å². The van der Waals surface area contributed by atoms with Crippen molar-refractivity contribution in [2.45, 2.75) is 25.7 Å². The molecule has 17 heavy (non-hydrogen) atoms. The number of hydrogen-bond donors (Lipinski definition) is 1. The number of unbranched alkanes of at least 4 members (excludes halogenated alkanes) is 2. The highest BCUT2D eigenvalue weighted by molar-refractivity contribution is 9.09. The zero-order chi connectivity index (χ0) is 12.7. The summed E-state index contributed by atoms with van der Waals surface area (Å²) in [5.41, 5.74) is 0.350. The lowest BCUT2D eigenvalue weighted by Gasteiger charge is -2.06. The Kier molecular flexibility index (Phi) is 6.05. The fourth-order valence-corrected chi connectivity index (χ4v) is 1.95. The van der Waals surface area contributed by atoms with Crippen molar-refractivity contribution >= 4 is 21.7 Å². The van der Waals surface area contributed by atoms with Gasteiger partial charge in [0, 0.05) is 11.8 Å². The second-order valence-corrected chi connectivity index (χ2v) is 4.60. The molecule has 0 unspecified atom stereocenters. The van der Waals surface area contributed by atoms with E-state index in [2.05, 4.69) is 15.9 Å². The number of aromatic hydroxyl groups is 1. The van der Waals surface area contributed by atoms with E-state index in [1.807, 2.05) is 0 Å². The third-order valence-electron chi connectivity index (χ3n) is 2.54. The summed E-state index contributed by atoms with van der Waals surface area (Å²) < 4.78 is 5.03. The molecule has 0 radical (unpaired) electrons. The first-order valence-electron chi connectivity index (χ1n) is 5.65. The average molecular weight is 301 g/mol. The van der Waals surface area contributed by atoms with Gasteiger partial charge in [-0.1, -0.05) is 22.4 Å². The van der Waals surface area contributed by atoms with Crippen molar-refractivity contribution in [3.63, 3.8) is 0 Å². The Morgan fingerprint density at radius 3 is 2.76 bits per heavy atom. The minimum Gasteiger partial charge on any atom is -0.507 e. The minimum absolute atomic E-state index is 0.0243. The van der Waals surface area contributed by atoms with Crippen LogP contribution in [0.4, 0.5) is 0 Å². The van der Waals surface area contributed by atoms with Gasteiger partial charge in [-0.05, 0) is 31.0 Å². The first-order chi connectivity index (χ1) is 8.19. The van der Waals surface area contributed by atoms with Crippen molar-refractivity contribution in [3.05, 3.63) is 23.8 Å². The molecule has 0 atom stereocenters.